The SMILES string of the molecule is CC1=NC(C/C=C/c2ccc(Cl)cc2)(c2ccccc2)OC1=O. The molecule has 4 heteroatoms. The van der Waals surface area contributed by atoms with Crippen molar-refractivity contribution in [1.82, 2.24) is 0 Å². The average Bonchev–Trinajstić information content (AvgIpc) is 2.86. The van der Waals surface area contributed by atoms with Gasteiger partial charge < -0.3 is 4.74 Å². The molecule has 23 heavy (non-hydrogen) atoms. The van der Waals surface area contributed by atoms with Crippen molar-refractivity contribution < 1.29 is 9.53 Å². The standard InChI is InChI=1S/C19H16ClNO2/c1-14-18(22)23-19(21-14,16-7-3-2-4-8-16)13-5-6-15-9-11-17(20)12-10-15/h2-12H,13H2,1H3/b6-5+. The number of hydrogen-bond acceptors (Lipinski definition) is 3. The van der Waals surface area contributed by atoms with Crippen LogP contribution in [0.1, 0.15) is 24.5 Å². The molecule has 0 spiro atoms. The Labute approximate surface area is 140 Å². The molecule has 0 N–H and O–H groups in total. The molecule has 0 bridgehead atoms. The van der Waals surface area contributed by atoms with Crippen molar-refractivity contribution in [2.24, 2.45) is 4.99 Å². The van der Waals surface area contributed by atoms with Crippen LogP contribution in [0.15, 0.2) is 65.7 Å². The largest absolute Gasteiger partial charge is 0.428 e. The molecule has 0 radical (unpaired) electrons. The summed E-state index contributed by atoms with van der Waals surface area (Å²) in [4.78, 5) is 16.3. The second-order valence-electron chi connectivity index (χ2n) is 5.40. The molecule has 0 saturated carbocycles. The maximum atomic E-state index is 11.8. The highest BCUT2D eigenvalue weighted by atomic mass is 35.5. The van der Waals surface area contributed by atoms with Crippen molar-refractivity contribution in [3.8, 4) is 0 Å². The zero-order valence-electron chi connectivity index (χ0n) is 12.7. The average molecular weight is 326 g/mol. The molecule has 0 aromatic heterocycles. The van der Waals surface area contributed by atoms with Gasteiger partial charge in [0.2, 0.25) is 5.72 Å². The highest BCUT2D eigenvalue weighted by Gasteiger charge is 2.41. The van der Waals surface area contributed by atoms with Crippen molar-refractivity contribution in [2.75, 3.05) is 0 Å². The fourth-order valence-corrected chi connectivity index (χ4v) is 2.65. The number of aliphatic imine (C=N–C) groups is 1. The van der Waals surface area contributed by atoms with Gasteiger partial charge in [-0.25, -0.2) is 9.79 Å². The number of benzene rings is 2. The molecule has 1 aliphatic heterocycles. The summed E-state index contributed by atoms with van der Waals surface area (Å²) in [5.41, 5.74) is 1.33. The molecule has 0 fully saturated rings. The summed E-state index contributed by atoms with van der Waals surface area (Å²) >= 11 is 5.88. The molecule has 0 aliphatic carbocycles. The van der Waals surface area contributed by atoms with E-state index in [1.54, 1.807) is 6.92 Å². The van der Waals surface area contributed by atoms with Gasteiger partial charge in [0.05, 0.1) is 0 Å². The molecule has 0 amide bonds. The first-order valence-electron chi connectivity index (χ1n) is 7.36. The molecule has 1 unspecified atom stereocenters. The Hall–Kier alpha value is -2.39. The summed E-state index contributed by atoms with van der Waals surface area (Å²) < 4.78 is 5.59. The van der Waals surface area contributed by atoms with Crippen LogP contribution in [0.25, 0.3) is 6.08 Å². The third-order valence-electron chi connectivity index (χ3n) is 3.70. The minimum atomic E-state index is -0.967. The summed E-state index contributed by atoms with van der Waals surface area (Å²) in [5.74, 6) is -0.367. The van der Waals surface area contributed by atoms with E-state index in [0.717, 1.165) is 11.1 Å². The number of halogens is 1. The van der Waals surface area contributed by atoms with Crippen LogP contribution >= 0.6 is 11.6 Å². The number of ether oxygens (including phenoxy) is 1. The quantitative estimate of drug-likeness (QED) is 0.770. The minimum absolute atomic E-state index is 0.367. The molecule has 3 rings (SSSR count). The van der Waals surface area contributed by atoms with Crippen LogP contribution in [0.4, 0.5) is 0 Å². The minimum Gasteiger partial charge on any atom is -0.428 e. The Morgan fingerprint density at radius 1 is 1.13 bits per heavy atom. The van der Waals surface area contributed by atoms with E-state index in [1.807, 2.05) is 66.7 Å². The molecule has 0 saturated heterocycles. The van der Waals surface area contributed by atoms with Crippen LogP contribution in [0, 0.1) is 0 Å². The maximum absolute atomic E-state index is 11.8. The van der Waals surface area contributed by atoms with Crippen LogP contribution < -0.4 is 0 Å². The third-order valence-corrected chi connectivity index (χ3v) is 3.96. The molecule has 1 heterocycles. The van der Waals surface area contributed by atoms with Gasteiger partial charge in [-0.05, 0) is 24.6 Å². The molecular formula is C19H16ClNO2. The second kappa shape index (κ2) is 6.39. The molecule has 3 nitrogen and oxygen atoms in total. The van der Waals surface area contributed by atoms with E-state index in [-0.39, 0.29) is 5.97 Å². The first kappa shape index (κ1) is 15.5. The van der Waals surface area contributed by atoms with E-state index in [1.165, 1.54) is 0 Å². The predicted molar refractivity (Wildman–Crippen MR) is 92.4 cm³/mol. The van der Waals surface area contributed by atoms with E-state index in [9.17, 15) is 4.79 Å². The van der Waals surface area contributed by atoms with Crippen LogP contribution in [-0.2, 0) is 15.3 Å². The maximum Gasteiger partial charge on any atom is 0.354 e. The van der Waals surface area contributed by atoms with E-state index in [4.69, 9.17) is 16.3 Å². The summed E-state index contributed by atoms with van der Waals surface area (Å²) in [6, 6.07) is 17.1. The van der Waals surface area contributed by atoms with Gasteiger partial charge >= 0.3 is 5.97 Å². The normalized spacial score (nSPS) is 20.6. The molecular weight excluding hydrogens is 310 g/mol. The van der Waals surface area contributed by atoms with Crippen molar-refractivity contribution in [3.05, 3.63) is 76.8 Å². The molecule has 2 aromatic carbocycles. The number of carbonyl (C=O) groups is 1. The van der Waals surface area contributed by atoms with Crippen LogP contribution in [-0.4, -0.2) is 11.7 Å². The summed E-state index contributed by atoms with van der Waals surface area (Å²) in [6.07, 6.45) is 4.41. The van der Waals surface area contributed by atoms with Crippen molar-refractivity contribution >= 4 is 29.4 Å². The summed E-state index contributed by atoms with van der Waals surface area (Å²) in [5, 5.41) is 0.702. The predicted octanol–water partition coefficient (Wildman–Crippen LogP) is 4.61. The molecule has 2 aromatic rings. The van der Waals surface area contributed by atoms with Gasteiger partial charge in [0, 0.05) is 17.0 Å². The number of hydrogen-bond donors (Lipinski definition) is 0. The Kier molecular flexibility index (Phi) is 4.30. The highest BCUT2D eigenvalue weighted by molar-refractivity contribution is 6.36. The van der Waals surface area contributed by atoms with Gasteiger partial charge in [-0.3, -0.25) is 0 Å². The fourth-order valence-electron chi connectivity index (χ4n) is 2.52. The van der Waals surface area contributed by atoms with E-state index < -0.39 is 5.72 Å². The van der Waals surface area contributed by atoms with Gasteiger partial charge in [0.25, 0.3) is 0 Å². The van der Waals surface area contributed by atoms with Crippen LogP contribution in [0.3, 0.4) is 0 Å². The third kappa shape index (κ3) is 3.35. The number of nitrogens with zero attached hydrogens (tertiary/aromatic N) is 1. The zero-order valence-corrected chi connectivity index (χ0v) is 13.5. The Morgan fingerprint density at radius 3 is 2.43 bits per heavy atom. The van der Waals surface area contributed by atoms with Gasteiger partial charge in [-0.2, -0.15) is 0 Å². The van der Waals surface area contributed by atoms with Gasteiger partial charge in [-0.1, -0.05) is 66.2 Å². The highest BCUT2D eigenvalue weighted by Crippen LogP contribution is 2.36. The van der Waals surface area contributed by atoms with E-state index in [0.29, 0.717) is 17.2 Å². The second-order valence-corrected chi connectivity index (χ2v) is 5.83. The molecule has 1 atom stereocenters. The lowest BCUT2D eigenvalue weighted by Crippen LogP contribution is -2.24. The summed E-state index contributed by atoms with van der Waals surface area (Å²) in [7, 11) is 0. The van der Waals surface area contributed by atoms with Gasteiger partial charge in [0.15, 0.2) is 0 Å². The Morgan fingerprint density at radius 2 is 1.83 bits per heavy atom. The topological polar surface area (TPSA) is 38.7 Å². The first-order chi connectivity index (χ1) is 11.1. The van der Waals surface area contributed by atoms with Gasteiger partial charge in [-0.15, -0.1) is 0 Å². The lowest BCUT2D eigenvalue weighted by molar-refractivity contribution is -0.147. The number of carbonyl (C=O) groups excluding carboxylic acids is 1. The molecule has 116 valence electrons. The van der Waals surface area contributed by atoms with Crippen LogP contribution in [0.5, 0.6) is 0 Å². The molecule has 1 aliphatic rings. The van der Waals surface area contributed by atoms with Crippen molar-refractivity contribution in [2.45, 2.75) is 19.1 Å². The Bertz CT molecular complexity index is 766. The van der Waals surface area contributed by atoms with Crippen molar-refractivity contribution in [1.29, 1.82) is 0 Å². The number of esters is 1. The fraction of sp³-hybridized carbons (Fsp3) is 0.158. The number of cyclic esters (lactones) is 1. The summed E-state index contributed by atoms with van der Waals surface area (Å²) in [6.45, 7) is 1.68. The monoisotopic (exact) mass is 325 g/mol. The lowest BCUT2D eigenvalue weighted by atomic mass is 9.99. The van der Waals surface area contributed by atoms with E-state index in [2.05, 4.69) is 4.99 Å². The Balaban J connectivity index is 1.86. The van der Waals surface area contributed by atoms with Crippen LogP contribution in [0.2, 0.25) is 5.02 Å². The number of rotatable bonds is 4. The lowest BCUT2D eigenvalue weighted by Gasteiger charge is -2.24. The zero-order chi connectivity index (χ0) is 16.3. The smallest absolute Gasteiger partial charge is 0.354 e. The first-order valence-corrected chi connectivity index (χ1v) is 7.74. The van der Waals surface area contributed by atoms with E-state index >= 15 is 0 Å². The van der Waals surface area contributed by atoms with Crippen molar-refractivity contribution in [3.63, 3.8) is 0 Å². The van der Waals surface area contributed by atoms with Gasteiger partial charge in [0.1, 0.15) is 5.71 Å².